The van der Waals surface area contributed by atoms with Crippen LogP contribution in [0.5, 0.6) is 0 Å². The van der Waals surface area contributed by atoms with Crippen LogP contribution < -0.4 is 0 Å². The van der Waals surface area contributed by atoms with E-state index in [0.29, 0.717) is 29.8 Å². The molecule has 2 atom stereocenters. The van der Waals surface area contributed by atoms with Gasteiger partial charge in [0.25, 0.3) is 0 Å². The number of likely N-dealkylation sites (N-methyl/N-ethyl adjacent to an activating group) is 1. The molecule has 0 radical (unpaired) electrons. The van der Waals surface area contributed by atoms with Crippen LogP contribution in [0.15, 0.2) is 24.3 Å². The lowest BCUT2D eigenvalue weighted by Crippen LogP contribution is -2.54. The Kier molecular flexibility index (Phi) is 9.90. The molecule has 1 amide bonds. The second-order valence-corrected chi connectivity index (χ2v) is 11.3. The van der Waals surface area contributed by atoms with Crippen molar-refractivity contribution in [1.82, 2.24) is 4.90 Å². The first kappa shape index (κ1) is 28.8. The number of rotatable bonds is 9. The van der Waals surface area contributed by atoms with E-state index in [2.05, 4.69) is 0 Å². The van der Waals surface area contributed by atoms with Crippen molar-refractivity contribution in [2.45, 2.75) is 78.7 Å². The van der Waals surface area contributed by atoms with Gasteiger partial charge in [-0.1, -0.05) is 64.4 Å². The molecule has 1 fully saturated rings. The van der Waals surface area contributed by atoms with Crippen molar-refractivity contribution in [3.05, 3.63) is 34.9 Å². The number of carbonyl (C=O) groups is 4. The Labute approximate surface area is 213 Å². The highest BCUT2D eigenvalue weighted by Crippen LogP contribution is 2.42. The van der Waals surface area contributed by atoms with Gasteiger partial charge >= 0.3 is 12.1 Å². The molecule has 194 valence electrons. The van der Waals surface area contributed by atoms with E-state index >= 15 is 0 Å². The second kappa shape index (κ2) is 12.0. The van der Waals surface area contributed by atoms with Crippen LogP contribution >= 0.6 is 11.6 Å². The van der Waals surface area contributed by atoms with E-state index in [4.69, 9.17) is 21.1 Å². The number of nitrogens with zero attached hydrogens (tertiary/aromatic N) is 1. The summed E-state index contributed by atoms with van der Waals surface area (Å²) >= 11 is 6.43. The summed E-state index contributed by atoms with van der Waals surface area (Å²) in [4.78, 5) is 52.4. The number of ether oxygens (including phenoxy) is 2. The highest BCUT2D eigenvalue weighted by molar-refractivity contribution is 6.31. The van der Waals surface area contributed by atoms with Gasteiger partial charge in [0.05, 0.1) is 5.92 Å². The standard InChI is InChI=1S/C27H38ClNO6/c1-18(2)20(15-19(30)16-26(3,4)5)24(32)34-17-35-25(33)29(6)27(14-10-9-13-23(27)31)21-11-7-8-12-22(21)28/h7-8,11-12,18,20H,9-10,13-17H2,1-6H3/t20-,27-/m0/s1. The Bertz CT molecular complexity index is 938. The third-order valence-electron chi connectivity index (χ3n) is 6.49. The summed E-state index contributed by atoms with van der Waals surface area (Å²) in [6, 6.07) is 6.98. The molecule has 7 nitrogen and oxygen atoms in total. The first-order valence-corrected chi connectivity index (χ1v) is 12.5. The van der Waals surface area contributed by atoms with E-state index in [1.807, 2.05) is 34.6 Å². The normalized spacial score (nSPS) is 19.3. The van der Waals surface area contributed by atoms with Crippen molar-refractivity contribution in [2.24, 2.45) is 17.3 Å². The smallest absolute Gasteiger partial charge is 0.413 e. The van der Waals surface area contributed by atoms with Gasteiger partial charge in [-0.05, 0) is 36.7 Å². The Morgan fingerprint density at radius 3 is 2.34 bits per heavy atom. The summed E-state index contributed by atoms with van der Waals surface area (Å²) in [5.74, 6) is -1.45. The lowest BCUT2D eigenvalue weighted by molar-refractivity contribution is -0.161. The zero-order chi connectivity index (χ0) is 26.4. The van der Waals surface area contributed by atoms with Crippen molar-refractivity contribution in [1.29, 1.82) is 0 Å². The summed E-state index contributed by atoms with van der Waals surface area (Å²) in [5, 5.41) is 0.397. The molecular formula is C27H38ClNO6. The van der Waals surface area contributed by atoms with Crippen molar-refractivity contribution < 1.29 is 28.7 Å². The van der Waals surface area contributed by atoms with Gasteiger partial charge in [-0.2, -0.15) is 0 Å². The number of hydrogen-bond acceptors (Lipinski definition) is 6. The van der Waals surface area contributed by atoms with Crippen molar-refractivity contribution in [3.8, 4) is 0 Å². The van der Waals surface area contributed by atoms with Crippen LogP contribution in [-0.4, -0.2) is 42.4 Å². The predicted molar refractivity (Wildman–Crippen MR) is 134 cm³/mol. The number of carbonyl (C=O) groups excluding carboxylic acids is 4. The lowest BCUT2D eigenvalue weighted by Gasteiger charge is -2.43. The molecule has 1 aromatic rings. The highest BCUT2D eigenvalue weighted by atomic mass is 35.5. The molecule has 1 saturated carbocycles. The van der Waals surface area contributed by atoms with Gasteiger partial charge in [-0.3, -0.25) is 19.3 Å². The molecule has 0 unspecified atom stereocenters. The van der Waals surface area contributed by atoms with E-state index in [0.717, 1.165) is 12.8 Å². The van der Waals surface area contributed by atoms with E-state index in [1.54, 1.807) is 24.3 Å². The summed E-state index contributed by atoms with van der Waals surface area (Å²) in [5.41, 5.74) is -0.853. The topological polar surface area (TPSA) is 90.0 Å². The Hall–Kier alpha value is -2.41. The average Bonchev–Trinajstić information content (AvgIpc) is 2.76. The molecule has 0 aliphatic heterocycles. The molecule has 0 N–H and O–H groups in total. The van der Waals surface area contributed by atoms with Gasteiger partial charge in [0.15, 0.2) is 5.78 Å². The predicted octanol–water partition coefficient (Wildman–Crippen LogP) is 5.92. The minimum absolute atomic E-state index is 0.0117. The fraction of sp³-hybridized carbons (Fsp3) is 0.630. The first-order valence-electron chi connectivity index (χ1n) is 12.2. The molecule has 0 aromatic heterocycles. The minimum Gasteiger partial charge on any atom is -0.428 e. The average molecular weight is 508 g/mol. The summed E-state index contributed by atoms with van der Waals surface area (Å²) in [6.45, 7) is 8.99. The van der Waals surface area contributed by atoms with E-state index < -0.39 is 30.3 Å². The number of hydrogen-bond donors (Lipinski definition) is 0. The van der Waals surface area contributed by atoms with Gasteiger partial charge in [0, 0.05) is 36.9 Å². The molecule has 0 spiro atoms. The molecule has 0 heterocycles. The van der Waals surface area contributed by atoms with Crippen LogP contribution in [0.25, 0.3) is 0 Å². The van der Waals surface area contributed by atoms with Crippen LogP contribution in [0, 0.1) is 17.3 Å². The third kappa shape index (κ3) is 7.29. The fourth-order valence-corrected chi connectivity index (χ4v) is 4.92. The van der Waals surface area contributed by atoms with Crippen LogP contribution in [-0.2, 0) is 29.4 Å². The zero-order valence-electron chi connectivity index (χ0n) is 21.7. The van der Waals surface area contributed by atoms with Gasteiger partial charge in [-0.25, -0.2) is 4.79 Å². The monoisotopic (exact) mass is 507 g/mol. The molecular weight excluding hydrogens is 470 g/mol. The number of amides is 1. The summed E-state index contributed by atoms with van der Waals surface area (Å²) in [6.07, 6.45) is 1.90. The molecule has 0 saturated heterocycles. The van der Waals surface area contributed by atoms with E-state index in [9.17, 15) is 19.2 Å². The minimum atomic E-state index is -1.24. The first-order chi connectivity index (χ1) is 16.3. The Balaban J connectivity index is 2.07. The summed E-state index contributed by atoms with van der Waals surface area (Å²) < 4.78 is 10.5. The van der Waals surface area contributed by atoms with E-state index in [1.165, 1.54) is 11.9 Å². The van der Waals surface area contributed by atoms with Gasteiger partial charge in [0.1, 0.15) is 11.3 Å². The SMILES string of the molecule is CC(C)[C@H](CC(=O)CC(C)(C)C)C(=O)OCOC(=O)N(C)[C@]1(c2ccccc2Cl)CCCCC1=O. The Morgan fingerprint density at radius 2 is 1.77 bits per heavy atom. The lowest BCUT2D eigenvalue weighted by atomic mass is 9.74. The van der Waals surface area contributed by atoms with Gasteiger partial charge in [-0.15, -0.1) is 0 Å². The molecule has 1 aliphatic carbocycles. The quantitative estimate of drug-likeness (QED) is 0.304. The summed E-state index contributed by atoms with van der Waals surface area (Å²) in [7, 11) is 1.50. The maximum absolute atomic E-state index is 13.1. The number of halogens is 1. The van der Waals surface area contributed by atoms with Crippen molar-refractivity contribution >= 4 is 35.2 Å². The molecule has 1 aromatic carbocycles. The molecule has 8 heteroatoms. The molecule has 1 aliphatic rings. The molecule has 35 heavy (non-hydrogen) atoms. The van der Waals surface area contributed by atoms with Crippen molar-refractivity contribution in [2.75, 3.05) is 13.8 Å². The van der Waals surface area contributed by atoms with Crippen LogP contribution in [0.1, 0.15) is 78.7 Å². The highest BCUT2D eigenvalue weighted by Gasteiger charge is 2.48. The van der Waals surface area contributed by atoms with Crippen molar-refractivity contribution in [3.63, 3.8) is 0 Å². The number of Topliss-reactive ketones (excluding diaryl/α,β-unsaturated/α-hetero) is 2. The van der Waals surface area contributed by atoms with Crippen LogP contribution in [0.3, 0.4) is 0 Å². The molecule has 2 rings (SSSR count). The number of ketones is 2. The fourth-order valence-electron chi connectivity index (χ4n) is 4.63. The number of benzene rings is 1. The third-order valence-corrected chi connectivity index (χ3v) is 6.82. The maximum atomic E-state index is 13.1. The largest absolute Gasteiger partial charge is 0.428 e. The van der Waals surface area contributed by atoms with Gasteiger partial charge < -0.3 is 9.47 Å². The van der Waals surface area contributed by atoms with Crippen LogP contribution in [0.4, 0.5) is 4.79 Å². The zero-order valence-corrected chi connectivity index (χ0v) is 22.4. The molecule has 0 bridgehead atoms. The van der Waals surface area contributed by atoms with Gasteiger partial charge in [0.2, 0.25) is 6.79 Å². The van der Waals surface area contributed by atoms with Crippen LogP contribution in [0.2, 0.25) is 5.02 Å². The maximum Gasteiger partial charge on any atom is 0.413 e. The van der Waals surface area contributed by atoms with E-state index in [-0.39, 0.29) is 29.3 Å². The number of esters is 1. The second-order valence-electron chi connectivity index (χ2n) is 10.9. The Morgan fingerprint density at radius 1 is 1.11 bits per heavy atom.